The molecule has 4 unspecified atom stereocenters. The first-order chi connectivity index (χ1) is 10.3. The van der Waals surface area contributed by atoms with Crippen molar-refractivity contribution in [3.63, 3.8) is 0 Å². The lowest BCUT2D eigenvalue weighted by atomic mass is 10.0. The molecule has 1 rings (SSSR count). The van der Waals surface area contributed by atoms with Crippen LogP contribution in [0.3, 0.4) is 0 Å². The van der Waals surface area contributed by atoms with Gasteiger partial charge in [0.05, 0.1) is 6.10 Å². The van der Waals surface area contributed by atoms with Crippen LogP contribution in [0.1, 0.15) is 34.1 Å². The van der Waals surface area contributed by atoms with Gasteiger partial charge >= 0.3 is 17.9 Å². The van der Waals surface area contributed by atoms with E-state index < -0.39 is 42.5 Å². The van der Waals surface area contributed by atoms with Crippen molar-refractivity contribution in [3.8, 4) is 0 Å². The summed E-state index contributed by atoms with van der Waals surface area (Å²) in [5.41, 5.74) is 0. The van der Waals surface area contributed by atoms with Crippen LogP contribution in [-0.2, 0) is 38.1 Å². The van der Waals surface area contributed by atoms with Gasteiger partial charge in [-0.15, -0.1) is 0 Å². The highest BCUT2D eigenvalue weighted by Crippen LogP contribution is 2.27. The zero-order chi connectivity index (χ0) is 16.7. The predicted octanol–water partition coefficient (Wildman–Crippen LogP) is 0.564. The minimum atomic E-state index is -0.896. The molecule has 0 amide bonds. The van der Waals surface area contributed by atoms with Crippen LogP contribution < -0.4 is 0 Å². The Bertz CT molecular complexity index is 408. The summed E-state index contributed by atoms with van der Waals surface area (Å²) >= 11 is 0. The average molecular weight is 318 g/mol. The second-order valence-corrected chi connectivity index (χ2v) is 4.84. The van der Waals surface area contributed by atoms with Gasteiger partial charge in [-0.25, -0.2) is 0 Å². The van der Waals surface area contributed by atoms with Crippen LogP contribution in [0.25, 0.3) is 0 Å². The molecule has 8 heteroatoms. The maximum atomic E-state index is 11.3. The topological polar surface area (TPSA) is 97.4 Å². The summed E-state index contributed by atoms with van der Waals surface area (Å²) < 4.78 is 26.3. The fourth-order valence-electron chi connectivity index (χ4n) is 2.16. The highest BCUT2D eigenvalue weighted by Gasteiger charge is 2.43. The van der Waals surface area contributed by atoms with Crippen molar-refractivity contribution >= 4 is 17.9 Å². The van der Waals surface area contributed by atoms with Gasteiger partial charge in [0.25, 0.3) is 0 Å². The van der Waals surface area contributed by atoms with Crippen molar-refractivity contribution in [3.05, 3.63) is 0 Å². The Balaban J connectivity index is 2.84. The maximum absolute atomic E-state index is 11.3. The van der Waals surface area contributed by atoms with Crippen molar-refractivity contribution in [2.75, 3.05) is 13.2 Å². The number of rotatable bonds is 6. The monoisotopic (exact) mass is 318 g/mol. The van der Waals surface area contributed by atoms with E-state index in [2.05, 4.69) is 0 Å². The molecule has 0 aromatic heterocycles. The minimum Gasteiger partial charge on any atom is -0.463 e. The van der Waals surface area contributed by atoms with E-state index in [1.54, 1.807) is 6.92 Å². The van der Waals surface area contributed by atoms with Crippen molar-refractivity contribution in [2.24, 2.45) is 0 Å². The SMILES string of the molecule is CCOC1OC(COC(C)=O)CC(OC(C)=O)C1OC(C)=O. The number of esters is 3. The average Bonchev–Trinajstić information content (AvgIpc) is 2.39. The molecule has 0 radical (unpaired) electrons. The number of hydrogen-bond acceptors (Lipinski definition) is 8. The van der Waals surface area contributed by atoms with Gasteiger partial charge < -0.3 is 23.7 Å². The van der Waals surface area contributed by atoms with Gasteiger partial charge in [0.2, 0.25) is 0 Å². The van der Waals surface area contributed by atoms with Crippen LogP contribution in [0.2, 0.25) is 0 Å². The van der Waals surface area contributed by atoms with Crippen LogP contribution in [0.15, 0.2) is 0 Å². The Morgan fingerprint density at radius 2 is 1.68 bits per heavy atom. The number of carbonyl (C=O) groups is 3. The predicted molar refractivity (Wildman–Crippen MR) is 72.6 cm³/mol. The molecule has 0 saturated carbocycles. The van der Waals surface area contributed by atoms with Crippen LogP contribution in [0.4, 0.5) is 0 Å². The minimum absolute atomic E-state index is 0.00344. The van der Waals surface area contributed by atoms with Crippen molar-refractivity contribution in [2.45, 2.75) is 58.7 Å². The molecule has 4 atom stereocenters. The highest BCUT2D eigenvalue weighted by molar-refractivity contribution is 5.67. The van der Waals surface area contributed by atoms with Crippen LogP contribution in [0, 0.1) is 0 Å². The van der Waals surface area contributed by atoms with E-state index in [0.717, 1.165) is 0 Å². The molecule has 0 spiro atoms. The molecule has 1 aliphatic heterocycles. The van der Waals surface area contributed by atoms with Crippen molar-refractivity contribution < 1.29 is 38.1 Å². The summed E-state index contributed by atoms with van der Waals surface area (Å²) in [6, 6.07) is 0. The summed E-state index contributed by atoms with van der Waals surface area (Å²) in [7, 11) is 0. The van der Waals surface area contributed by atoms with E-state index in [-0.39, 0.29) is 13.0 Å². The Labute approximate surface area is 129 Å². The molecule has 126 valence electrons. The Morgan fingerprint density at radius 3 is 2.18 bits per heavy atom. The molecular formula is C14H22O8. The second kappa shape index (κ2) is 8.70. The summed E-state index contributed by atoms with van der Waals surface area (Å²) in [5, 5.41) is 0. The molecule has 22 heavy (non-hydrogen) atoms. The molecular weight excluding hydrogens is 296 g/mol. The van der Waals surface area contributed by atoms with Crippen LogP contribution >= 0.6 is 0 Å². The number of ether oxygens (including phenoxy) is 5. The quantitative estimate of drug-likeness (QED) is 0.518. The standard InChI is InChI=1S/C14H22O8/c1-5-18-14-13(21-10(4)17)12(20-9(3)16)6-11(22-14)7-19-8(2)15/h11-14H,5-7H2,1-4H3. The van der Waals surface area contributed by atoms with Crippen molar-refractivity contribution in [1.29, 1.82) is 0 Å². The van der Waals surface area contributed by atoms with Gasteiger partial charge in [0, 0.05) is 33.8 Å². The van der Waals surface area contributed by atoms with Gasteiger partial charge in [-0.2, -0.15) is 0 Å². The molecule has 0 bridgehead atoms. The van der Waals surface area contributed by atoms with E-state index in [4.69, 9.17) is 23.7 Å². The fourth-order valence-corrected chi connectivity index (χ4v) is 2.16. The van der Waals surface area contributed by atoms with E-state index in [9.17, 15) is 14.4 Å². The lowest BCUT2D eigenvalue weighted by molar-refractivity contribution is -0.278. The number of carbonyl (C=O) groups excluding carboxylic acids is 3. The molecule has 0 aromatic rings. The normalized spacial score (nSPS) is 27.8. The summed E-state index contributed by atoms with van der Waals surface area (Å²) in [4.78, 5) is 33.4. The second-order valence-electron chi connectivity index (χ2n) is 4.84. The lowest BCUT2D eigenvalue weighted by Gasteiger charge is -2.39. The zero-order valence-corrected chi connectivity index (χ0v) is 13.2. The van der Waals surface area contributed by atoms with Gasteiger partial charge in [0.15, 0.2) is 12.4 Å². The largest absolute Gasteiger partial charge is 0.463 e. The molecule has 1 heterocycles. The first kappa shape index (κ1) is 18.4. The molecule has 8 nitrogen and oxygen atoms in total. The molecule has 0 aliphatic carbocycles. The third-order valence-corrected chi connectivity index (χ3v) is 2.88. The summed E-state index contributed by atoms with van der Waals surface area (Å²) in [5.74, 6) is -1.48. The number of hydrogen-bond donors (Lipinski definition) is 0. The molecule has 1 aliphatic rings. The molecule has 1 saturated heterocycles. The van der Waals surface area contributed by atoms with Gasteiger partial charge in [-0.1, -0.05) is 0 Å². The summed E-state index contributed by atoms with van der Waals surface area (Å²) in [6.45, 7) is 5.87. The van der Waals surface area contributed by atoms with Crippen molar-refractivity contribution in [1.82, 2.24) is 0 Å². The van der Waals surface area contributed by atoms with E-state index in [1.165, 1.54) is 20.8 Å². The molecule has 1 fully saturated rings. The third kappa shape index (κ3) is 5.98. The summed E-state index contributed by atoms with van der Waals surface area (Å²) in [6.07, 6.45) is -2.78. The van der Waals surface area contributed by atoms with E-state index in [0.29, 0.717) is 6.61 Å². The smallest absolute Gasteiger partial charge is 0.303 e. The fraction of sp³-hybridized carbons (Fsp3) is 0.786. The van der Waals surface area contributed by atoms with Gasteiger partial charge in [-0.05, 0) is 6.92 Å². The highest BCUT2D eigenvalue weighted by atomic mass is 16.7. The van der Waals surface area contributed by atoms with Gasteiger partial charge in [-0.3, -0.25) is 14.4 Å². The van der Waals surface area contributed by atoms with Crippen LogP contribution in [0.5, 0.6) is 0 Å². The first-order valence-electron chi connectivity index (χ1n) is 7.08. The Hall–Kier alpha value is -1.67. The van der Waals surface area contributed by atoms with Gasteiger partial charge in [0.1, 0.15) is 12.7 Å². The van der Waals surface area contributed by atoms with E-state index >= 15 is 0 Å². The molecule has 0 N–H and O–H groups in total. The first-order valence-corrected chi connectivity index (χ1v) is 7.08. The third-order valence-electron chi connectivity index (χ3n) is 2.88. The van der Waals surface area contributed by atoms with Crippen LogP contribution in [-0.4, -0.2) is 55.7 Å². The zero-order valence-electron chi connectivity index (χ0n) is 13.2. The maximum Gasteiger partial charge on any atom is 0.303 e. The van der Waals surface area contributed by atoms with E-state index in [1.807, 2.05) is 0 Å². The molecule has 0 aromatic carbocycles. The Kier molecular flexibility index (Phi) is 7.26. The Morgan fingerprint density at radius 1 is 1.05 bits per heavy atom. The lowest BCUT2D eigenvalue weighted by Crippen LogP contribution is -2.53.